The number of hydrogen-bond donors (Lipinski definition) is 1. The minimum absolute atomic E-state index is 0. The van der Waals surface area contributed by atoms with Crippen LogP contribution in [0.4, 0.5) is 4.39 Å². The van der Waals surface area contributed by atoms with Crippen LogP contribution in [0.15, 0.2) is 18.2 Å². The Morgan fingerprint density at radius 1 is 1.36 bits per heavy atom. The zero-order chi connectivity index (χ0) is 17.7. The monoisotopic (exact) mass is 374 g/mol. The number of likely N-dealkylation sites (tertiary alicyclic amines) is 1. The fourth-order valence-electron chi connectivity index (χ4n) is 3.32. The Kier molecular flexibility index (Phi) is 8.62. The van der Waals surface area contributed by atoms with Crippen molar-refractivity contribution in [3.8, 4) is 5.75 Å². The third-order valence-electron chi connectivity index (χ3n) is 4.54. The molecule has 5 nitrogen and oxygen atoms in total. The Hall–Kier alpha value is -1.37. The quantitative estimate of drug-likeness (QED) is 0.796. The number of carbonyl (C=O) groups excluding carboxylic acids is 1. The number of halogens is 2. The van der Waals surface area contributed by atoms with Crippen molar-refractivity contribution in [1.29, 1.82) is 0 Å². The van der Waals surface area contributed by atoms with Gasteiger partial charge in [0.05, 0.1) is 7.11 Å². The molecule has 1 amide bonds. The predicted molar refractivity (Wildman–Crippen MR) is 97.6 cm³/mol. The summed E-state index contributed by atoms with van der Waals surface area (Å²) in [5.74, 6) is 0.638. The molecular formula is C18H28ClFN2O3. The minimum Gasteiger partial charge on any atom is -0.494 e. The van der Waals surface area contributed by atoms with Crippen LogP contribution >= 0.6 is 12.4 Å². The Balaban J connectivity index is 0.00000312. The van der Waals surface area contributed by atoms with E-state index in [1.807, 2.05) is 6.07 Å². The van der Waals surface area contributed by atoms with Crippen LogP contribution in [0.5, 0.6) is 5.75 Å². The highest BCUT2D eigenvalue weighted by atomic mass is 35.5. The number of ether oxygens (including phenoxy) is 2. The number of nitrogens with one attached hydrogen (secondary N) is 1. The molecule has 0 aliphatic carbocycles. The second-order valence-electron chi connectivity index (χ2n) is 6.68. The molecule has 2 atom stereocenters. The van der Waals surface area contributed by atoms with E-state index < -0.39 is 0 Å². The topological polar surface area (TPSA) is 50.8 Å². The van der Waals surface area contributed by atoms with Gasteiger partial charge in [0.15, 0.2) is 11.6 Å². The Morgan fingerprint density at radius 2 is 2.08 bits per heavy atom. The van der Waals surface area contributed by atoms with Gasteiger partial charge in [0.2, 0.25) is 5.91 Å². The van der Waals surface area contributed by atoms with Gasteiger partial charge in [0.25, 0.3) is 0 Å². The van der Waals surface area contributed by atoms with Crippen LogP contribution in [0, 0.1) is 17.7 Å². The molecular weight excluding hydrogens is 347 g/mol. The molecule has 1 aliphatic rings. The van der Waals surface area contributed by atoms with Crippen molar-refractivity contribution in [2.45, 2.75) is 26.4 Å². The van der Waals surface area contributed by atoms with E-state index in [1.54, 1.807) is 6.07 Å². The Morgan fingerprint density at radius 3 is 2.64 bits per heavy atom. The van der Waals surface area contributed by atoms with Gasteiger partial charge < -0.3 is 14.8 Å². The average molecular weight is 375 g/mol. The van der Waals surface area contributed by atoms with Gasteiger partial charge in [0, 0.05) is 32.8 Å². The highest BCUT2D eigenvalue weighted by molar-refractivity contribution is 5.85. The number of nitrogens with zero attached hydrogens (tertiary/aromatic N) is 1. The highest BCUT2D eigenvalue weighted by Crippen LogP contribution is 2.26. The molecule has 2 rings (SSSR count). The fraction of sp³-hybridized carbons (Fsp3) is 0.611. The van der Waals surface area contributed by atoms with E-state index in [2.05, 4.69) is 24.1 Å². The van der Waals surface area contributed by atoms with Crippen molar-refractivity contribution < 1.29 is 18.7 Å². The predicted octanol–water partition coefficient (Wildman–Crippen LogP) is 2.48. The number of carbonyl (C=O) groups is 1. The van der Waals surface area contributed by atoms with Crippen LogP contribution in [0.25, 0.3) is 0 Å². The van der Waals surface area contributed by atoms with E-state index >= 15 is 0 Å². The normalized spacial score (nSPS) is 20.4. The van der Waals surface area contributed by atoms with Gasteiger partial charge in [-0.25, -0.2) is 4.39 Å². The summed E-state index contributed by atoms with van der Waals surface area (Å²) in [7, 11) is 2.97. The third-order valence-corrected chi connectivity index (χ3v) is 4.54. The first-order valence-electron chi connectivity index (χ1n) is 8.27. The van der Waals surface area contributed by atoms with Gasteiger partial charge in [-0.3, -0.25) is 9.69 Å². The second kappa shape index (κ2) is 9.94. The minimum atomic E-state index is -0.348. The molecule has 1 heterocycles. The molecule has 0 saturated carbocycles. The first-order valence-corrected chi connectivity index (χ1v) is 8.27. The van der Waals surface area contributed by atoms with Crippen LogP contribution in [-0.4, -0.2) is 50.8 Å². The maximum Gasteiger partial charge on any atom is 0.246 e. The summed E-state index contributed by atoms with van der Waals surface area (Å²) in [6.45, 7) is 6.69. The molecule has 1 fully saturated rings. The molecule has 1 aromatic carbocycles. The molecule has 25 heavy (non-hydrogen) atoms. The number of amides is 1. The fourth-order valence-corrected chi connectivity index (χ4v) is 3.32. The molecule has 142 valence electrons. The molecule has 0 bridgehead atoms. The van der Waals surface area contributed by atoms with E-state index in [1.165, 1.54) is 20.3 Å². The molecule has 1 aromatic rings. The van der Waals surface area contributed by atoms with Gasteiger partial charge in [-0.1, -0.05) is 19.9 Å². The lowest BCUT2D eigenvalue weighted by Gasteiger charge is -2.22. The lowest BCUT2D eigenvalue weighted by atomic mass is 9.91. The van der Waals surface area contributed by atoms with E-state index in [9.17, 15) is 9.18 Å². The number of methoxy groups -OCH3 is 2. The van der Waals surface area contributed by atoms with Crippen LogP contribution in [0.2, 0.25) is 0 Å². The average Bonchev–Trinajstić information content (AvgIpc) is 2.90. The van der Waals surface area contributed by atoms with E-state index in [0.717, 1.165) is 18.7 Å². The van der Waals surface area contributed by atoms with E-state index in [-0.39, 0.29) is 42.5 Å². The van der Waals surface area contributed by atoms with Gasteiger partial charge in [-0.15, -0.1) is 12.4 Å². The molecule has 1 aliphatic heterocycles. The highest BCUT2D eigenvalue weighted by Gasteiger charge is 2.35. The largest absolute Gasteiger partial charge is 0.494 e. The SMILES string of the molecule is COCC(=O)N[C@H]1CN(Cc2ccc(OC)c(F)c2)C[C@@H]1C(C)C.Cl. The van der Waals surface area contributed by atoms with Crippen LogP contribution in [0.3, 0.4) is 0 Å². The van der Waals surface area contributed by atoms with Crippen LogP contribution < -0.4 is 10.1 Å². The van der Waals surface area contributed by atoms with Crippen molar-refractivity contribution in [2.75, 3.05) is 33.9 Å². The maximum absolute atomic E-state index is 13.8. The molecule has 1 saturated heterocycles. The molecule has 0 unspecified atom stereocenters. The third kappa shape index (κ3) is 5.83. The maximum atomic E-state index is 13.8. The Bertz CT molecular complexity index is 571. The molecule has 7 heteroatoms. The summed E-state index contributed by atoms with van der Waals surface area (Å²) in [6, 6.07) is 5.14. The molecule has 0 spiro atoms. The number of hydrogen-bond acceptors (Lipinski definition) is 4. The summed E-state index contributed by atoms with van der Waals surface area (Å²) < 4.78 is 23.7. The zero-order valence-electron chi connectivity index (χ0n) is 15.3. The van der Waals surface area contributed by atoms with Gasteiger partial charge >= 0.3 is 0 Å². The first-order chi connectivity index (χ1) is 11.4. The Labute approximate surface area is 155 Å². The first kappa shape index (κ1) is 21.7. The second-order valence-corrected chi connectivity index (χ2v) is 6.68. The summed E-state index contributed by atoms with van der Waals surface area (Å²) in [5.41, 5.74) is 0.902. The summed E-state index contributed by atoms with van der Waals surface area (Å²) in [6.07, 6.45) is 0. The van der Waals surface area contributed by atoms with E-state index in [0.29, 0.717) is 18.4 Å². The van der Waals surface area contributed by atoms with Crippen molar-refractivity contribution >= 4 is 18.3 Å². The van der Waals surface area contributed by atoms with Crippen molar-refractivity contribution in [3.05, 3.63) is 29.6 Å². The molecule has 0 radical (unpaired) electrons. The molecule has 0 aromatic heterocycles. The smallest absolute Gasteiger partial charge is 0.246 e. The van der Waals surface area contributed by atoms with Crippen molar-refractivity contribution in [3.63, 3.8) is 0 Å². The number of rotatable bonds is 7. The van der Waals surface area contributed by atoms with Crippen molar-refractivity contribution in [1.82, 2.24) is 10.2 Å². The van der Waals surface area contributed by atoms with Gasteiger partial charge in [-0.05, 0) is 29.5 Å². The van der Waals surface area contributed by atoms with Crippen molar-refractivity contribution in [2.24, 2.45) is 11.8 Å². The van der Waals surface area contributed by atoms with E-state index in [4.69, 9.17) is 9.47 Å². The van der Waals surface area contributed by atoms with Gasteiger partial charge in [0.1, 0.15) is 6.61 Å². The zero-order valence-corrected chi connectivity index (χ0v) is 16.1. The summed E-state index contributed by atoms with van der Waals surface area (Å²) in [5, 5.41) is 3.06. The van der Waals surface area contributed by atoms with Crippen LogP contribution in [0.1, 0.15) is 19.4 Å². The lowest BCUT2D eigenvalue weighted by Crippen LogP contribution is -2.43. The number of benzene rings is 1. The molecule has 1 N–H and O–H groups in total. The van der Waals surface area contributed by atoms with Crippen LogP contribution in [-0.2, 0) is 16.1 Å². The lowest BCUT2D eigenvalue weighted by molar-refractivity contribution is -0.125. The summed E-state index contributed by atoms with van der Waals surface area (Å²) in [4.78, 5) is 14.1. The van der Waals surface area contributed by atoms with Gasteiger partial charge in [-0.2, -0.15) is 0 Å². The standard InChI is InChI=1S/C18H27FN2O3.ClH/c1-12(2)14-9-21(10-16(14)20-18(22)11-23-3)8-13-5-6-17(24-4)15(19)7-13;/h5-7,12,14,16H,8-11H2,1-4H3,(H,20,22);1H/t14-,16+;/m1./s1. The summed E-state index contributed by atoms with van der Waals surface area (Å²) >= 11 is 0.